The van der Waals surface area contributed by atoms with Crippen LogP contribution in [0.3, 0.4) is 0 Å². The van der Waals surface area contributed by atoms with E-state index in [1.54, 1.807) is 14.2 Å². The van der Waals surface area contributed by atoms with Crippen LogP contribution in [0, 0.1) is 6.92 Å². The molecule has 0 bridgehead atoms. The highest BCUT2D eigenvalue weighted by Crippen LogP contribution is 2.36. The zero-order valence-corrected chi connectivity index (χ0v) is 11.4. The summed E-state index contributed by atoms with van der Waals surface area (Å²) in [5.41, 5.74) is 1.27. The number of fused-ring (bicyclic) bond motifs is 3. The molecule has 2 heteroatoms. The lowest BCUT2D eigenvalue weighted by molar-refractivity contribution is 0.356. The van der Waals surface area contributed by atoms with E-state index >= 15 is 0 Å². The van der Waals surface area contributed by atoms with E-state index in [0.717, 1.165) is 11.5 Å². The first-order chi connectivity index (χ1) is 9.24. The number of ether oxygens (including phenoxy) is 2. The van der Waals surface area contributed by atoms with Crippen molar-refractivity contribution in [2.45, 2.75) is 6.92 Å². The monoisotopic (exact) mass is 252 g/mol. The van der Waals surface area contributed by atoms with Gasteiger partial charge in [-0.1, -0.05) is 30.3 Å². The molecule has 0 N–H and O–H groups in total. The SMILES string of the molecule is COc1cc2cc(C)c3ccccc3c2cc1OC. The third-order valence-corrected chi connectivity index (χ3v) is 3.57. The average Bonchev–Trinajstić information content (AvgIpc) is 2.46. The fourth-order valence-electron chi connectivity index (χ4n) is 2.62. The van der Waals surface area contributed by atoms with Crippen LogP contribution in [0.4, 0.5) is 0 Å². The van der Waals surface area contributed by atoms with E-state index in [0.29, 0.717) is 0 Å². The van der Waals surface area contributed by atoms with Crippen LogP contribution in [0.15, 0.2) is 42.5 Å². The Kier molecular flexibility index (Phi) is 2.79. The molecule has 19 heavy (non-hydrogen) atoms. The Hall–Kier alpha value is -2.22. The van der Waals surface area contributed by atoms with E-state index in [4.69, 9.17) is 9.47 Å². The van der Waals surface area contributed by atoms with E-state index in [9.17, 15) is 0 Å². The van der Waals surface area contributed by atoms with Gasteiger partial charge in [0.1, 0.15) is 0 Å². The van der Waals surface area contributed by atoms with Gasteiger partial charge in [0.2, 0.25) is 0 Å². The summed E-state index contributed by atoms with van der Waals surface area (Å²) in [6.45, 7) is 2.14. The third-order valence-electron chi connectivity index (χ3n) is 3.57. The molecule has 3 aromatic rings. The second kappa shape index (κ2) is 4.47. The summed E-state index contributed by atoms with van der Waals surface area (Å²) in [6.07, 6.45) is 0. The van der Waals surface area contributed by atoms with Crippen LogP contribution in [0.5, 0.6) is 11.5 Å². The lowest BCUT2D eigenvalue weighted by atomic mass is 9.97. The van der Waals surface area contributed by atoms with Gasteiger partial charge in [0, 0.05) is 0 Å². The maximum atomic E-state index is 5.40. The van der Waals surface area contributed by atoms with Gasteiger partial charge in [-0.2, -0.15) is 0 Å². The molecule has 0 atom stereocenters. The van der Waals surface area contributed by atoms with Crippen LogP contribution in [-0.4, -0.2) is 14.2 Å². The second-order valence-corrected chi connectivity index (χ2v) is 4.67. The normalized spacial score (nSPS) is 10.9. The molecule has 0 fully saturated rings. The molecule has 0 aliphatic carbocycles. The Morgan fingerprint density at radius 2 is 1.37 bits per heavy atom. The molecule has 3 aromatic carbocycles. The lowest BCUT2D eigenvalue weighted by Gasteiger charge is -2.12. The molecule has 2 nitrogen and oxygen atoms in total. The highest BCUT2D eigenvalue weighted by atomic mass is 16.5. The van der Waals surface area contributed by atoms with Crippen LogP contribution in [0.2, 0.25) is 0 Å². The number of methoxy groups -OCH3 is 2. The summed E-state index contributed by atoms with van der Waals surface area (Å²) < 4.78 is 10.8. The minimum atomic E-state index is 0.768. The predicted octanol–water partition coefficient (Wildman–Crippen LogP) is 4.32. The zero-order chi connectivity index (χ0) is 13.4. The Morgan fingerprint density at radius 1 is 0.737 bits per heavy atom. The van der Waals surface area contributed by atoms with Crippen LogP contribution in [-0.2, 0) is 0 Å². The standard InChI is InChI=1S/C17H16O2/c1-11-8-12-9-16(18-2)17(19-3)10-15(12)14-7-5-4-6-13(11)14/h4-10H,1-3H3. The molecule has 0 aromatic heterocycles. The van der Waals surface area contributed by atoms with E-state index < -0.39 is 0 Å². The Balaban J connectivity index is 2.47. The van der Waals surface area contributed by atoms with Crippen molar-refractivity contribution in [3.8, 4) is 11.5 Å². The number of hydrogen-bond donors (Lipinski definition) is 0. The summed E-state index contributed by atoms with van der Waals surface area (Å²) in [5, 5.41) is 4.90. The van der Waals surface area contributed by atoms with Gasteiger partial charge in [-0.05, 0) is 46.2 Å². The molecular formula is C17H16O2. The molecule has 0 heterocycles. The molecule has 0 unspecified atom stereocenters. The van der Waals surface area contributed by atoms with Gasteiger partial charge in [0.25, 0.3) is 0 Å². The van der Waals surface area contributed by atoms with Crippen molar-refractivity contribution in [3.05, 3.63) is 48.0 Å². The van der Waals surface area contributed by atoms with Crippen molar-refractivity contribution in [3.63, 3.8) is 0 Å². The van der Waals surface area contributed by atoms with Crippen molar-refractivity contribution in [2.75, 3.05) is 14.2 Å². The molecule has 0 aliphatic heterocycles. The minimum absolute atomic E-state index is 0.768. The molecule has 0 amide bonds. The van der Waals surface area contributed by atoms with Crippen molar-refractivity contribution in [2.24, 2.45) is 0 Å². The number of rotatable bonds is 2. The average molecular weight is 252 g/mol. The first-order valence-electron chi connectivity index (χ1n) is 6.28. The van der Waals surface area contributed by atoms with Crippen molar-refractivity contribution in [1.82, 2.24) is 0 Å². The van der Waals surface area contributed by atoms with Crippen LogP contribution in [0.25, 0.3) is 21.5 Å². The van der Waals surface area contributed by atoms with Crippen LogP contribution >= 0.6 is 0 Å². The number of aryl methyl sites for hydroxylation is 1. The fraction of sp³-hybridized carbons (Fsp3) is 0.176. The maximum absolute atomic E-state index is 5.40. The quantitative estimate of drug-likeness (QED) is 0.632. The molecule has 0 radical (unpaired) electrons. The minimum Gasteiger partial charge on any atom is -0.493 e. The Morgan fingerprint density at radius 3 is 2.05 bits per heavy atom. The van der Waals surface area contributed by atoms with Crippen molar-refractivity contribution >= 4 is 21.5 Å². The summed E-state index contributed by atoms with van der Waals surface area (Å²) in [4.78, 5) is 0. The van der Waals surface area contributed by atoms with E-state index in [2.05, 4.69) is 43.3 Å². The van der Waals surface area contributed by atoms with Gasteiger partial charge >= 0.3 is 0 Å². The topological polar surface area (TPSA) is 18.5 Å². The highest BCUT2D eigenvalue weighted by molar-refractivity contribution is 6.09. The highest BCUT2D eigenvalue weighted by Gasteiger charge is 2.09. The van der Waals surface area contributed by atoms with E-state index in [1.807, 2.05) is 6.07 Å². The molecule has 0 aliphatic rings. The Labute approximate surface area is 112 Å². The predicted molar refractivity (Wildman–Crippen MR) is 79.3 cm³/mol. The van der Waals surface area contributed by atoms with Gasteiger partial charge in [0.15, 0.2) is 11.5 Å². The third kappa shape index (κ3) is 1.80. The van der Waals surface area contributed by atoms with E-state index in [1.165, 1.54) is 27.1 Å². The molecule has 96 valence electrons. The first-order valence-corrected chi connectivity index (χ1v) is 6.28. The van der Waals surface area contributed by atoms with Gasteiger partial charge in [-0.25, -0.2) is 0 Å². The maximum Gasteiger partial charge on any atom is 0.161 e. The fourth-order valence-corrected chi connectivity index (χ4v) is 2.62. The molecule has 0 saturated carbocycles. The van der Waals surface area contributed by atoms with Gasteiger partial charge in [-0.15, -0.1) is 0 Å². The summed E-state index contributed by atoms with van der Waals surface area (Å²) in [6, 6.07) is 14.7. The molecular weight excluding hydrogens is 236 g/mol. The number of benzene rings is 3. The van der Waals surface area contributed by atoms with Crippen LogP contribution in [0.1, 0.15) is 5.56 Å². The first kappa shape index (κ1) is 11.8. The number of hydrogen-bond acceptors (Lipinski definition) is 2. The summed E-state index contributed by atoms with van der Waals surface area (Å²) >= 11 is 0. The Bertz CT molecular complexity index is 760. The van der Waals surface area contributed by atoms with Gasteiger partial charge < -0.3 is 9.47 Å². The molecule has 0 saturated heterocycles. The molecule has 0 spiro atoms. The zero-order valence-electron chi connectivity index (χ0n) is 11.4. The van der Waals surface area contributed by atoms with Gasteiger partial charge in [0.05, 0.1) is 14.2 Å². The summed E-state index contributed by atoms with van der Waals surface area (Å²) in [5.74, 6) is 1.54. The van der Waals surface area contributed by atoms with Gasteiger partial charge in [-0.3, -0.25) is 0 Å². The smallest absolute Gasteiger partial charge is 0.161 e. The van der Waals surface area contributed by atoms with Crippen molar-refractivity contribution in [1.29, 1.82) is 0 Å². The van der Waals surface area contributed by atoms with E-state index in [-0.39, 0.29) is 0 Å². The lowest BCUT2D eigenvalue weighted by Crippen LogP contribution is -1.91. The largest absolute Gasteiger partial charge is 0.493 e. The van der Waals surface area contributed by atoms with Crippen molar-refractivity contribution < 1.29 is 9.47 Å². The summed E-state index contributed by atoms with van der Waals surface area (Å²) in [7, 11) is 3.33. The molecule has 3 rings (SSSR count). The van der Waals surface area contributed by atoms with Crippen LogP contribution < -0.4 is 9.47 Å². The second-order valence-electron chi connectivity index (χ2n) is 4.67.